The molecule has 0 saturated heterocycles. The van der Waals surface area contributed by atoms with Crippen molar-refractivity contribution in [1.82, 2.24) is 0 Å². The van der Waals surface area contributed by atoms with Crippen LogP contribution in [0.3, 0.4) is 0 Å². The maximum Gasteiger partial charge on any atom is 0.328 e. The van der Waals surface area contributed by atoms with E-state index in [1.807, 2.05) is 0 Å². The minimum absolute atomic E-state index is 0. The van der Waals surface area contributed by atoms with Crippen molar-refractivity contribution < 1.29 is 19.8 Å². The van der Waals surface area contributed by atoms with Gasteiger partial charge in [0.1, 0.15) is 0 Å². The Balaban J connectivity index is -0.000000245. The summed E-state index contributed by atoms with van der Waals surface area (Å²) in [6.07, 6.45) is 1.12. The van der Waals surface area contributed by atoms with Crippen molar-refractivity contribution >= 4 is 115 Å². The Morgan fingerprint density at radius 1 is 0.900 bits per heavy atom. The summed E-state index contributed by atoms with van der Waals surface area (Å²) in [4.78, 5) is 19.1. The van der Waals surface area contributed by atoms with E-state index in [9.17, 15) is 9.59 Å². The standard InChI is InChI=1S/C4H4O4.2K/c5-3(6)1-2-4(7)8;;/h1-2H,(H,5,6)(H,7,8);;/b2-1+;;. The molecule has 4 nitrogen and oxygen atoms in total. The zero-order chi connectivity index (χ0) is 6.57. The molecule has 0 unspecified atom stereocenters. The third-order valence-electron chi connectivity index (χ3n) is 0.368. The maximum absolute atomic E-state index is 9.55. The molecule has 2 radical (unpaired) electrons. The molecule has 0 spiro atoms. The monoisotopic (exact) mass is 194 g/mol. The maximum atomic E-state index is 9.55. The van der Waals surface area contributed by atoms with Crippen molar-refractivity contribution in [3.8, 4) is 0 Å². The Morgan fingerprint density at radius 3 is 1.20 bits per heavy atom. The van der Waals surface area contributed by atoms with Gasteiger partial charge in [-0.05, 0) is 0 Å². The van der Waals surface area contributed by atoms with Crippen molar-refractivity contribution in [3.63, 3.8) is 0 Å². The summed E-state index contributed by atoms with van der Waals surface area (Å²) in [6, 6.07) is 0. The molecule has 0 rings (SSSR count). The molecule has 2 N–H and O–H groups in total. The minimum atomic E-state index is -1.26. The molecule has 0 aliphatic rings. The number of carboxylic acid groups (broad SMARTS) is 2. The molecule has 0 aliphatic heterocycles. The fraction of sp³-hybridized carbons (Fsp3) is 0. The first kappa shape index (κ1) is 17.9. The SMILES string of the molecule is O=C(O)/C=C/C(=O)O.[K].[K]. The topological polar surface area (TPSA) is 74.6 Å². The smallest absolute Gasteiger partial charge is 0.328 e. The molecule has 0 heterocycles. The Morgan fingerprint density at radius 2 is 1.10 bits per heavy atom. The van der Waals surface area contributed by atoms with Crippen LogP contribution in [0, 0.1) is 0 Å². The third-order valence-corrected chi connectivity index (χ3v) is 0.368. The van der Waals surface area contributed by atoms with E-state index >= 15 is 0 Å². The van der Waals surface area contributed by atoms with Crippen LogP contribution in [0.15, 0.2) is 12.2 Å². The van der Waals surface area contributed by atoms with E-state index in [1.165, 1.54) is 0 Å². The minimum Gasteiger partial charge on any atom is -0.478 e. The van der Waals surface area contributed by atoms with E-state index in [0.29, 0.717) is 12.2 Å². The first-order valence-electron chi connectivity index (χ1n) is 1.77. The van der Waals surface area contributed by atoms with E-state index < -0.39 is 11.9 Å². The quantitative estimate of drug-likeness (QED) is 0.434. The van der Waals surface area contributed by atoms with Crippen molar-refractivity contribution in [1.29, 1.82) is 0 Å². The summed E-state index contributed by atoms with van der Waals surface area (Å²) >= 11 is 0. The summed E-state index contributed by atoms with van der Waals surface area (Å²) in [5.41, 5.74) is 0. The molecule has 10 heavy (non-hydrogen) atoms. The van der Waals surface area contributed by atoms with Crippen LogP contribution in [0.5, 0.6) is 0 Å². The third kappa shape index (κ3) is 16.5. The zero-order valence-electron chi connectivity index (χ0n) is 5.87. The van der Waals surface area contributed by atoms with E-state index in [0.717, 1.165) is 0 Å². The van der Waals surface area contributed by atoms with Gasteiger partial charge in [-0.1, -0.05) is 0 Å². The molecule has 46 valence electrons. The van der Waals surface area contributed by atoms with Gasteiger partial charge in [-0.2, -0.15) is 0 Å². The molecule has 6 heteroatoms. The van der Waals surface area contributed by atoms with Gasteiger partial charge in [0.05, 0.1) is 0 Å². The van der Waals surface area contributed by atoms with Gasteiger partial charge in [0.2, 0.25) is 0 Å². The van der Waals surface area contributed by atoms with Crippen molar-refractivity contribution in [2.45, 2.75) is 0 Å². The number of hydrogen-bond acceptors (Lipinski definition) is 2. The summed E-state index contributed by atoms with van der Waals surface area (Å²) in [5, 5.41) is 15.6. The van der Waals surface area contributed by atoms with Crippen LogP contribution >= 0.6 is 0 Å². The molecular formula is C4H4K2O4. The zero-order valence-corrected chi connectivity index (χ0v) is 12.1. The molecule has 0 amide bonds. The molecule has 0 bridgehead atoms. The Kier molecular flexibility index (Phi) is 19.6. The van der Waals surface area contributed by atoms with Crippen molar-refractivity contribution in [2.75, 3.05) is 0 Å². The Labute approximate surface area is 143 Å². The predicted molar refractivity (Wildman–Crippen MR) is 35.9 cm³/mol. The molecule has 0 atom stereocenters. The van der Waals surface area contributed by atoms with Crippen LogP contribution in [0.1, 0.15) is 0 Å². The molecule has 0 aromatic carbocycles. The Hall–Kier alpha value is 1.95. The van der Waals surface area contributed by atoms with Crippen LogP contribution in [0.25, 0.3) is 0 Å². The first-order valence-corrected chi connectivity index (χ1v) is 1.77. The van der Waals surface area contributed by atoms with Crippen molar-refractivity contribution in [3.05, 3.63) is 12.2 Å². The van der Waals surface area contributed by atoms with E-state index in [4.69, 9.17) is 10.2 Å². The van der Waals surface area contributed by atoms with Gasteiger partial charge in [0.15, 0.2) is 0 Å². The number of aliphatic carboxylic acids is 2. The van der Waals surface area contributed by atoms with Crippen LogP contribution < -0.4 is 0 Å². The second-order valence-electron chi connectivity index (χ2n) is 1.01. The largest absolute Gasteiger partial charge is 0.478 e. The molecule has 0 saturated carbocycles. The Bertz CT molecular complexity index is 126. The summed E-state index contributed by atoms with van der Waals surface area (Å²) < 4.78 is 0. The fourth-order valence-corrected chi connectivity index (χ4v) is 0.143. The van der Waals surface area contributed by atoms with Gasteiger partial charge in [0, 0.05) is 115 Å². The summed E-state index contributed by atoms with van der Waals surface area (Å²) in [6.45, 7) is 0. The predicted octanol–water partition coefficient (Wildman–Crippen LogP) is -1.05. The molecular weight excluding hydrogens is 190 g/mol. The molecule has 0 aromatic rings. The van der Waals surface area contributed by atoms with Gasteiger partial charge in [-0.3, -0.25) is 0 Å². The van der Waals surface area contributed by atoms with Crippen LogP contribution in [-0.4, -0.2) is 125 Å². The molecule has 0 fully saturated rings. The summed E-state index contributed by atoms with van der Waals surface area (Å²) in [7, 11) is 0. The number of carboxylic acids is 2. The average molecular weight is 194 g/mol. The van der Waals surface area contributed by atoms with E-state index in [-0.39, 0.29) is 103 Å². The fourth-order valence-electron chi connectivity index (χ4n) is 0.143. The van der Waals surface area contributed by atoms with Gasteiger partial charge in [-0.25, -0.2) is 9.59 Å². The van der Waals surface area contributed by atoms with Crippen LogP contribution in [0.4, 0.5) is 0 Å². The number of carbonyl (C=O) groups is 2. The number of rotatable bonds is 2. The van der Waals surface area contributed by atoms with Crippen molar-refractivity contribution in [2.24, 2.45) is 0 Å². The van der Waals surface area contributed by atoms with Crippen LogP contribution in [-0.2, 0) is 9.59 Å². The summed E-state index contributed by atoms with van der Waals surface area (Å²) in [5.74, 6) is -2.51. The van der Waals surface area contributed by atoms with Gasteiger partial charge >= 0.3 is 11.9 Å². The second kappa shape index (κ2) is 11.0. The van der Waals surface area contributed by atoms with Gasteiger partial charge in [0.25, 0.3) is 0 Å². The molecule has 0 aliphatic carbocycles. The number of hydrogen-bond donors (Lipinski definition) is 2. The second-order valence-corrected chi connectivity index (χ2v) is 1.01. The average Bonchev–Trinajstić information content (AvgIpc) is 1.61. The van der Waals surface area contributed by atoms with E-state index in [1.54, 1.807) is 0 Å². The normalized spacial score (nSPS) is 7.60. The molecule has 0 aromatic heterocycles. The van der Waals surface area contributed by atoms with Gasteiger partial charge in [-0.15, -0.1) is 0 Å². The van der Waals surface area contributed by atoms with E-state index in [2.05, 4.69) is 0 Å². The first-order chi connectivity index (χ1) is 3.63. The van der Waals surface area contributed by atoms with Crippen LogP contribution in [0.2, 0.25) is 0 Å². The van der Waals surface area contributed by atoms with Gasteiger partial charge < -0.3 is 10.2 Å².